The Hall–Kier alpha value is -2.19. The molecular weight excluding hydrogens is 300 g/mol. The second kappa shape index (κ2) is 6.13. The quantitative estimate of drug-likeness (QED) is 0.627. The van der Waals surface area contributed by atoms with E-state index in [9.17, 15) is 0 Å². The normalized spacial score (nSPS) is 13.3. The van der Waals surface area contributed by atoms with Crippen LogP contribution in [0, 0.1) is 0 Å². The van der Waals surface area contributed by atoms with Crippen LogP contribution < -0.4 is 4.74 Å². The molecule has 114 valence electrons. The van der Waals surface area contributed by atoms with Crippen LogP contribution in [0.15, 0.2) is 82.6 Å². The molecule has 1 aliphatic heterocycles. The fourth-order valence-electron chi connectivity index (χ4n) is 3.23. The fourth-order valence-corrected chi connectivity index (χ4v) is 4.41. The Morgan fingerprint density at radius 1 is 0.783 bits per heavy atom. The summed E-state index contributed by atoms with van der Waals surface area (Å²) in [6, 6.07) is 26.0. The lowest BCUT2D eigenvalue weighted by atomic mass is 9.85. The molecule has 3 aromatic carbocycles. The van der Waals surface area contributed by atoms with E-state index in [0.717, 1.165) is 12.2 Å². The van der Waals surface area contributed by atoms with E-state index in [2.05, 4.69) is 60.7 Å². The molecule has 0 atom stereocenters. The van der Waals surface area contributed by atoms with Gasteiger partial charge in [0.2, 0.25) is 0 Å². The summed E-state index contributed by atoms with van der Waals surface area (Å²) in [7, 11) is 1.71. The van der Waals surface area contributed by atoms with E-state index in [1.165, 1.54) is 26.5 Å². The van der Waals surface area contributed by atoms with Gasteiger partial charge in [-0.25, -0.2) is 0 Å². The SMILES string of the molecule is COc1ccc(CC2c3ccccc3Sc3ccccc32)cc1. The fraction of sp³-hybridized carbons (Fsp3) is 0.143. The molecule has 0 fully saturated rings. The first-order valence-corrected chi connectivity index (χ1v) is 8.65. The zero-order valence-electron chi connectivity index (χ0n) is 13.0. The minimum absolute atomic E-state index is 0.414. The molecule has 0 N–H and O–H groups in total. The van der Waals surface area contributed by atoms with Crippen molar-refractivity contribution in [3.63, 3.8) is 0 Å². The Morgan fingerprint density at radius 3 is 1.91 bits per heavy atom. The lowest BCUT2D eigenvalue weighted by molar-refractivity contribution is 0.414. The van der Waals surface area contributed by atoms with Gasteiger partial charge in [0.05, 0.1) is 7.11 Å². The van der Waals surface area contributed by atoms with Crippen molar-refractivity contribution in [2.45, 2.75) is 22.1 Å². The highest BCUT2D eigenvalue weighted by molar-refractivity contribution is 7.99. The number of benzene rings is 3. The molecule has 0 aliphatic carbocycles. The zero-order chi connectivity index (χ0) is 15.6. The second-order valence-corrected chi connectivity index (χ2v) is 6.87. The van der Waals surface area contributed by atoms with Crippen LogP contribution in [0.4, 0.5) is 0 Å². The highest BCUT2D eigenvalue weighted by Crippen LogP contribution is 2.46. The van der Waals surface area contributed by atoms with E-state index in [0.29, 0.717) is 5.92 Å². The van der Waals surface area contributed by atoms with Crippen LogP contribution >= 0.6 is 11.8 Å². The molecule has 0 saturated heterocycles. The van der Waals surface area contributed by atoms with Crippen molar-refractivity contribution in [3.8, 4) is 5.75 Å². The van der Waals surface area contributed by atoms with Crippen molar-refractivity contribution >= 4 is 11.8 Å². The number of rotatable bonds is 3. The Labute approximate surface area is 141 Å². The Bertz CT molecular complexity index is 778. The first kappa shape index (κ1) is 14.4. The molecule has 1 aliphatic rings. The number of hydrogen-bond donors (Lipinski definition) is 0. The first-order valence-electron chi connectivity index (χ1n) is 7.84. The van der Waals surface area contributed by atoms with Crippen LogP contribution in [-0.4, -0.2) is 7.11 Å². The van der Waals surface area contributed by atoms with Gasteiger partial charge in [-0.05, 0) is 47.4 Å². The Morgan fingerprint density at radius 2 is 1.35 bits per heavy atom. The van der Waals surface area contributed by atoms with Gasteiger partial charge in [-0.15, -0.1) is 0 Å². The van der Waals surface area contributed by atoms with E-state index in [1.807, 2.05) is 23.9 Å². The molecule has 0 spiro atoms. The van der Waals surface area contributed by atoms with E-state index in [4.69, 9.17) is 4.74 Å². The Kier molecular flexibility index (Phi) is 3.84. The van der Waals surface area contributed by atoms with Gasteiger partial charge in [-0.1, -0.05) is 60.3 Å². The van der Waals surface area contributed by atoms with Crippen LogP contribution in [0.1, 0.15) is 22.6 Å². The number of ether oxygens (including phenoxy) is 1. The van der Waals surface area contributed by atoms with Crippen molar-refractivity contribution < 1.29 is 4.74 Å². The third-order valence-corrected chi connectivity index (χ3v) is 5.59. The zero-order valence-corrected chi connectivity index (χ0v) is 13.8. The van der Waals surface area contributed by atoms with E-state index < -0.39 is 0 Å². The predicted octanol–water partition coefficient (Wildman–Crippen LogP) is 5.53. The molecule has 0 amide bonds. The summed E-state index contributed by atoms with van der Waals surface area (Å²) in [4.78, 5) is 2.76. The summed E-state index contributed by atoms with van der Waals surface area (Å²) in [5, 5.41) is 0. The molecule has 2 heteroatoms. The molecule has 1 nitrogen and oxygen atoms in total. The molecular formula is C21H18OS. The molecule has 1 heterocycles. The van der Waals surface area contributed by atoms with Gasteiger partial charge in [-0.2, -0.15) is 0 Å². The van der Waals surface area contributed by atoms with Crippen molar-refractivity contribution in [3.05, 3.63) is 89.5 Å². The average Bonchev–Trinajstić information content (AvgIpc) is 2.62. The van der Waals surface area contributed by atoms with Gasteiger partial charge in [-0.3, -0.25) is 0 Å². The molecule has 0 saturated carbocycles. The lowest BCUT2D eigenvalue weighted by Gasteiger charge is -2.28. The van der Waals surface area contributed by atoms with Gasteiger partial charge < -0.3 is 4.74 Å². The summed E-state index contributed by atoms with van der Waals surface area (Å²) in [5.74, 6) is 1.32. The van der Waals surface area contributed by atoms with E-state index in [1.54, 1.807) is 7.11 Å². The van der Waals surface area contributed by atoms with Crippen LogP contribution in [0.25, 0.3) is 0 Å². The van der Waals surface area contributed by atoms with Gasteiger partial charge in [0.1, 0.15) is 5.75 Å². The van der Waals surface area contributed by atoms with Gasteiger partial charge in [0.15, 0.2) is 0 Å². The van der Waals surface area contributed by atoms with Crippen LogP contribution in [-0.2, 0) is 6.42 Å². The summed E-state index contributed by atoms with van der Waals surface area (Å²) in [6.45, 7) is 0. The van der Waals surface area contributed by atoms with Gasteiger partial charge in [0, 0.05) is 15.7 Å². The maximum atomic E-state index is 5.27. The summed E-state index contributed by atoms with van der Waals surface area (Å²) >= 11 is 1.88. The summed E-state index contributed by atoms with van der Waals surface area (Å²) in [6.07, 6.45) is 1.01. The minimum Gasteiger partial charge on any atom is -0.497 e. The van der Waals surface area contributed by atoms with Crippen molar-refractivity contribution in [1.29, 1.82) is 0 Å². The van der Waals surface area contributed by atoms with E-state index in [-0.39, 0.29) is 0 Å². The molecule has 0 aromatic heterocycles. The van der Waals surface area contributed by atoms with Gasteiger partial charge in [0.25, 0.3) is 0 Å². The molecule has 0 bridgehead atoms. The topological polar surface area (TPSA) is 9.23 Å². The maximum Gasteiger partial charge on any atom is 0.118 e. The average molecular weight is 318 g/mol. The number of methoxy groups -OCH3 is 1. The molecule has 23 heavy (non-hydrogen) atoms. The van der Waals surface area contributed by atoms with Crippen LogP contribution in [0.2, 0.25) is 0 Å². The smallest absolute Gasteiger partial charge is 0.118 e. The monoisotopic (exact) mass is 318 g/mol. The summed E-state index contributed by atoms with van der Waals surface area (Å²) < 4.78 is 5.27. The largest absolute Gasteiger partial charge is 0.497 e. The van der Waals surface area contributed by atoms with Crippen molar-refractivity contribution in [2.24, 2.45) is 0 Å². The minimum atomic E-state index is 0.414. The van der Waals surface area contributed by atoms with Crippen LogP contribution in [0.5, 0.6) is 5.75 Å². The highest BCUT2D eigenvalue weighted by Gasteiger charge is 2.25. The first-order chi connectivity index (χ1) is 11.3. The predicted molar refractivity (Wildman–Crippen MR) is 95.5 cm³/mol. The standard InChI is InChI=1S/C21H18OS/c1-22-16-12-10-15(11-13-16)14-19-17-6-2-4-8-20(17)23-21-9-5-3-7-18(19)21/h2-13,19H,14H2,1H3. The van der Waals surface area contributed by atoms with Gasteiger partial charge >= 0.3 is 0 Å². The lowest BCUT2D eigenvalue weighted by Crippen LogP contribution is -2.11. The maximum absolute atomic E-state index is 5.27. The number of hydrogen-bond acceptors (Lipinski definition) is 2. The Balaban J connectivity index is 1.74. The molecule has 0 radical (unpaired) electrons. The third kappa shape index (κ3) is 2.75. The highest BCUT2D eigenvalue weighted by atomic mass is 32.2. The molecule has 0 unspecified atom stereocenters. The third-order valence-electron chi connectivity index (χ3n) is 4.41. The molecule has 4 rings (SSSR count). The second-order valence-electron chi connectivity index (χ2n) is 5.78. The molecule has 3 aromatic rings. The van der Waals surface area contributed by atoms with Crippen molar-refractivity contribution in [2.75, 3.05) is 7.11 Å². The summed E-state index contributed by atoms with van der Waals surface area (Å²) in [5.41, 5.74) is 4.21. The number of fused-ring (bicyclic) bond motifs is 2. The van der Waals surface area contributed by atoms with Crippen molar-refractivity contribution in [1.82, 2.24) is 0 Å². The van der Waals surface area contributed by atoms with E-state index >= 15 is 0 Å². The van der Waals surface area contributed by atoms with Crippen LogP contribution in [0.3, 0.4) is 0 Å².